The SMILES string of the molecule is Cc1cc(C)c(C)c(OC2CCCC(N)C2)c1. The highest BCUT2D eigenvalue weighted by Gasteiger charge is 2.21. The minimum Gasteiger partial charge on any atom is -0.490 e. The van der Waals surface area contributed by atoms with Crippen molar-refractivity contribution in [1.82, 2.24) is 0 Å². The van der Waals surface area contributed by atoms with Crippen molar-refractivity contribution in [3.05, 3.63) is 28.8 Å². The van der Waals surface area contributed by atoms with Crippen molar-refractivity contribution >= 4 is 0 Å². The molecule has 94 valence electrons. The predicted molar refractivity (Wildman–Crippen MR) is 71.5 cm³/mol. The van der Waals surface area contributed by atoms with Gasteiger partial charge in [0, 0.05) is 6.04 Å². The lowest BCUT2D eigenvalue weighted by molar-refractivity contribution is 0.143. The van der Waals surface area contributed by atoms with Crippen molar-refractivity contribution < 1.29 is 4.74 Å². The van der Waals surface area contributed by atoms with E-state index in [0.29, 0.717) is 12.1 Å². The van der Waals surface area contributed by atoms with Gasteiger partial charge in [0.05, 0.1) is 0 Å². The van der Waals surface area contributed by atoms with Crippen molar-refractivity contribution in [1.29, 1.82) is 0 Å². The first kappa shape index (κ1) is 12.4. The number of hydrogen-bond donors (Lipinski definition) is 1. The van der Waals surface area contributed by atoms with Crippen LogP contribution < -0.4 is 10.5 Å². The van der Waals surface area contributed by atoms with E-state index in [1.807, 2.05) is 0 Å². The third-order valence-electron chi connectivity index (χ3n) is 3.72. The first-order valence-corrected chi connectivity index (χ1v) is 6.56. The monoisotopic (exact) mass is 233 g/mol. The number of nitrogens with two attached hydrogens (primary N) is 1. The van der Waals surface area contributed by atoms with E-state index in [1.165, 1.54) is 23.1 Å². The summed E-state index contributed by atoms with van der Waals surface area (Å²) in [5.41, 5.74) is 9.83. The smallest absolute Gasteiger partial charge is 0.123 e. The molecule has 0 aromatic heterocycles. The fourth-order valence-corrected chi connectivity index (χ4v) is 2.59. The Hall–Kier alpha value is -1.02. The van der Waals surface area contributed by atoms with Crippen molar-refractivity contribution in [3.8, 4) is 5.75 Å². The average Bonchev–Trinajstić information content (AvgIpc) is 2.25. The van der Waals surface area contributed by atoms with Gasteiger partial charge in [-0.1, -0.05) is 6.07 Å². The summed E-state index contributed by atoms with van der Waals surface area (Å²) in [6, 6.07) is 4.66. The second-order valence-corrected chi connectivity index (χ2v) is 5.37. The van der Waals surface area contributed by atoms with Crippen molar-refractivity contribution in [2.75, 3.05) is 0 Å². The molecule has 1 aromatic rings. The van der Waals surface area contributed by atoms with Crippen LogP contribution in [-0.2, 0) is 0 Å². The van der Waals surface area contributed by atoms with Gasteiger partial charge in [-0.3, -0.25) is 0 Å². The Morgan fingerprint density at radius 1 is 1.18 bits per heavy atom. The highest BCUT2D eigenvalue weighted by Crippen LogP contribution is 2.28. The molecule has 0 spiro atoms. The summed E-state index contributed by atoms with van der Waals surface area (Å²) in [7, 11) is 0. The molecule has 0 radical (unpaired) electrons. The van der Waals surface area contributed by atoms with E-state index in [0.717, 1.165) is 25.0 Å². The quantitative estimate of drug-likeness (QED) is 0.851. The van der Waals surface area contributed by atoms with Gasteiger partial charge >= 0.3 is 0 Å². The number of rotatable bonds is 2. The van der Waals surface area contributed by atoms with E-state index in [9.17, 15) is 0 Å². The highest BCUT2D eigenvalue weighted by molar-refractivity contribution is 5.42. The lowest BCUT2D eigenvalue weighted by Gasteiger charge is -2.28. The molecular formula is C15H23NO. The van der Waals surface area contributed by atoms with Gasteiger partial charge in [-0.2, -0.15) is 0 Å². The Morgan fingerprint density at radius 3 is 2.65 bits per heavy atom. The molecule has 0 heterocycles. The Bertz CT molecular complexity index is 400. The van der Waals surface area contributed by atoms with Gasteiger partial charge in [0.25, 0.3) is 0 Å². The third-order valence-corrected chi connectivity index (χ3v) is 3.72. The Kier molecular flexibility index (Phi) is 3.72. The van der Waals surface area contributed by atoms with Gasteiger partial charge in [0.1, 0.15) is 11.9 Å². The molecule has 1 saturated carbocycles. The molecule has 1 aromatic carbocycles. The maximum Gasteiger partial charge on any atom is 0.123 e. The van der Waals surface area contributed by atoms with Crippen LogP contribution in [0, 0.1) is 20.8 Å². The molecule has 0 aliphatic heterocycles. The van der Waals surface area contributed by atoms with Crippen molar-refractivity contribution in [3.63, 3.8) is 0 Å². The average molecular weight is 233 g/mol. The van der Waals surface area contributed by atoms with Crippen molar-refractivity contribution in [2.45, 2.75) is 58.6 Å². The zero-order valence-corrected chi connectivity index (χ0v) is 11.1. The van der Waals surface area contributed by atoms with E-state index in [-0.39, 0.29) is 0 Å². The van der Waals surface area contributed by atoms with Crippen LogP contribution >= 0.6 is 0 Å². The number of ether oxygens (including phenoxy) is 1. The molecule has 2 heteroatoms. The molecule has 2 unspecified atom stereocenters. The fraction of sp³-hybridized carbons (Fsp3) is 0.600. The second kappa shape index (κ2) is 5.09. The third kappa shape index (κ3) is 3.01. The van der Waals surface area contributed by atoms with Crippen LogP contribution in [0.1, 0.15) is 42.4 Å². The lowest BCUT2D eigenvalue weighted by Crippen LogP contribution is -2.33. The predicted octanol–water partition coefficient (Wildman–Crippen LogP) is 3.26. The van der Waals surface area contributed by atoms with Crippen molar-refractivity contribution in [2.24, 2.45) is 5.73 Å². The van der Waals surface area contributed by atoms with E-state index in [4.69, 9.17) is 10.5 Å². The van der Waals surface area contributed by atoms with Crippen LogP contribution in [-0.4, -0.2) is 12.1 Å². The molecule has 1 aliphatic rings. The minimum absolute atomic E-state index is 0.304. The number of hydrogen-bond acceptors (Lipinski definition) is 2. The summed E-state index contributed by atoms with van der Waals surface area (Å²) in [5.74, 6) is 1.04. The Balaban J connectivity index is 2.12. The van der Waals surface area contributed by atoms with Crippen LogP contribution in [0.4, 0.5) is 0 Å². The van der Waals surface area contributed by atoms with Gasteiger partial charge in [0.2, 0.25) is 0 Å². The van der Waals surface area contributed by atoms with Crippen LogP contribution in [0.15, 0.2) is 12.1 Å². The summed E-state index contributed by atoms with van der Waals surface area (Å²) in [4.78, 5) is 0. The summed E-state index contributed by atoms with van der Waals surface area (Å²) in [5, 5.41) is 0. The molecule has 2 atom stereocenters. The normalized spacial score (nSPS) is 24.7. The molecular weight excluding hydrogens is 210 g/mol. The molecule has 2 N–H and O–H groups in total. The first-order valence-electron chi connectivity index (χ1n) is 6.56. The zero-order chi connectivity index (χ0) is 12.4. The van der Waals surface area contributed by atoms with E-state index >= 15 is 0 Å². The molecule has 2 rings (SSSR count). The lowest BCUT2D eigenvalue weighted by atomic mass is 9.93. The minimum atomic E-state index is 0.304. The molecule has 17 heavy (non-hydrogen) atoms. The number of benzene rings is 1. The first-order chi connectivity index (χ1) is 8.06. The van der Waals surface area contributed by atoms with E-state index < -0.39 is 0 Å². The van der Waals surface area contributed by atoms with Gasteiger partial charge in [-0.05, 0) is 69.2 Å². The van der Waals surface area contributed by atoms with E-state index in [1.54, 1.807) is 0 Å². The van der Waals surface area contributed by atoms with Gasteiger partial charge in [-0.25, -0.2) is 0 Å². The van der Waals surface area contributed by atoms with Crippen LogP contribution in [0.3, 0.4) is 0 Å². The van der Waals surface area contributed by atoms with Crippen LogP contribution in [0.5, 0.6) is 5.75 Å². The van der Waals surface area contributed by atoms with Crippen LogP contribution in [0.2, 0.25) is 0 Å². The fourth-order valence-electron chi connectivity index (χ4n) is 2.59. The van der Waals surface area contributed by atoms with Gasteiger partial charge in [-0.15, -0.1) is 0 Å². The number of aryl methyl sites for hydroxylation is 2. The molecule has 2 nitrogen and oxygen atoms in total. The highest BCUT2D eigenvalue weighted by atomic mass is 16.5. The van der Waals surface area contributed by atoms with Gasteiger partial charge in [0.15, 0.2) is 0 Å². The van der Waals surface area contributed by atoms with Crippen LogP contribution in [0.25, 0.3) is 0 Å². The maximum absolute atomic E-state index is 6.14. The van der Waals surface area contributed by atoms with E-state index in [2.05, 4.69) is 32.9 Å². The maximum atomic E-state index is 6.14. The standard InChI is InChI=1S/C15H23NO/c1-10-7-11(2)12(3)15(8-10)17-14-6-4-5-13(16)9-14/h7-8,13-14H,4-6,9,16H2,1-3H3. The zero-order valence-electron chi connectivity index (χ0n) is 11.1. The molecule has 1 fully saturated rings. The summed E-state index contributed by atoms with van der Waals surface area (Å²) < 4.78 is 6.14. The molecule has 0 saturated heterocycles. The molecule has 0 amide bonds. The van der Waals surface area contributed by atoms with Gasteiger partial charge < -0.3 is 10.5 Å². The topological polar surface area (TPSA) is 35.2 Å². The summed E-state index contributed by atoms with van der Waals surface area (Å²) in [6.07, 6.45) is 4.77. The largest absolute Gasteiger partial charge is 0.490 e. The Morgan fingerprint density at radius 2 is 1.94 bits per heavy atom. The molecule has 1 aliphatic carbocycles. The molecule has 0 bridgehead atoms. The Labute approximate surface area is 104 Å². The second-order valence-electron chi connectivity index (χ2n) is 5.37. The summed E-state index contributed by atoms with van der Waals surface area (Å²) in [6.45, 7) is 6.39. The summed E-state index contributed by atoms with van der Waals surface area (Å²) >= 11 is 0.